The van der Waals surface area contributed by atoms with Crippen molar-refractivity contribution in [1.82, 2.24) is 20.1 Å². The number of hydrogen-bond donors (Lipinski definition) is 1. The Bertz CT molecular complexity index is 1170. The lowest BCUT2D eigenvalue weighted by Gasteiger charge is -2.26. The molecular weight excluding hydrogens is 400 g/mol. The summed E-state index contributed by atoms with van der Waals surface area (Å²) in [5.74, 6) is 1.17. The average Bonchev–Trinajstić information content (AvgIpc) is 3.48. The fourth-order valence-corrected chi connectivity index (χ4v) is 3.90. The summed E-state index contributed by atoms with van der Waals surface area (Å²) in [5, 5.41) is 9.75. The first kappa shape index (κ1) is 18.4. The third-order valence-electron chi connectivity index (χ3n) is 4.64. The minimum Gasteiger partial charge on any atom is -0.486 e. The van der Waals surface area contributed by atoms with Crippen LogP contribution in [0.25, 0.3) is 16.3 Å². The molecule has 1 aliphatic rings. The molecule has 30 heavy (non-hydrogen) atoms. The molecule has 7 nitrogen and oxygen atoms in total. The van der Waals surface area contributed by atoms with Gasteiger partial charge in [0.2, 0.25) is 0 Å². The van der Waals surface area contributed by atoms with Crippen LogP contribution in [0.2, 0.25) is 0 Å². The van der Waals surface area contributed by atoms with Crippen LogP contribution in [-0.2, 0) is 0 Å². The Morgan fingerprint density at radius 3 is 2.80 bits per heavy atom. The maximum atomic E-state index is 12.5. The molecule has 3 heterocycles. The van der Waals surface area contributed by atoms with Gasteiger partial charge in [-0.3, -0.25) is 4.79 Å². The zero-order valence-electron chi connectivity index (χ0n) is 15.9. The first-order chi connectivity index (χ1) is 14.8. The molecule has 1 unspecified atom stereocenters. The molecule has 0 bridgehead atoms. The lowest BCUT2D eigenvalue weighted by Crippen LogP contribution is -2.40. The molecule has 1 amide bonds. The fraction of sp³-hybridized carbons (Fsp3) is 0.136. The van der Waals surface area contributed by atoms with E-state index in [4.69, 9.17) is 9.47 Å². The van der Waals surface area contributed by atoms with Crippen LogP contribution in [0.5, 0.6) is 11.5 Å². The van der Waals surface area contributed by atoms with Crippen molar-refractivity contribution in [2.24, 2.45) is 0 Å². The van der Waals surface area contributed by atoms with Crippen molar-refractivity contribution in [2.75, 3.05) is 13.2 Å². The van der Waals surface area contributed by atoms with Gasteiger partial charge in [0.05, 0.1) is 18.4 Å². The Morgan fingerprint density at radius 2 is 1.93 bits per heavy atom. The molecule has 2 aromatic heterocycles. The predicted octanol–water partition coefficient (Wildman–Crippen LogP) is 3.57. The van der Waals surface area contributed by atoms with E-state index in [1.807, 2.05) is 60.8 Å². The molecule has 5 rings (SSSR count). The van der Waals surface area contributed by atoms with Crippen molar-refractivity contribution in [3.63, 3.8) is 0 Å². The summed E-state index contributed by atoms with van der Waals surface area (Å²) in [6.45, 7) is 0.726. The first-order valence-electron chi connectivity index (χ1n) is 9.49. The van der Waals surface area contributed by atoms with Gasteiger partial charge in [-0.15, -0.1) is 11.3 Å². The van der Waals surface area contributed by atoms with Crippen molar-refractivity contribution >= 4 is 17.2 Å². The van der Waals surface area contributed by atoms with Gasteiger partial charge >= 0.3 is 0 Å². The highest BCUT2D eigenvalue weighted by molar-refractivity contribution is 7.13. The molecule has 0 spiro atoms. The van der Waals surface area contributed by atoms with E-state index in [1.165, 1.54) is 11.3 Å². The van der Waals surface area contributed by atoms with Gasteiger partial charge < -0.3 is 14.8 Å². The zero-order valence-corrected chi connectivity index (χ0v) is 16.7. The molecule has 150 valence electrons. The van der Waals surface area contributed by atoms with Gasteiger partial charge in [-0.05, 0) is 24.3 Å². The number of carbonyl (C=O) groups is 1. The van der Waals surface area contributed by atoms with E-state index in [0.717, 1.165) is 22.0 Å². The number of aromatic nitrogens is 3. The topological polar surface area (TPSA) is 78.3 Å². The quantitative estimate of drug-likeness (QED) is 0.536. The highest BCUT2D eigenvalue weighted by Gasteiger charge is 2.22. The molecule has 0 aliphatic carbocycles. The summed E-state index contributed by atoms with van der Waals surface area (Å²) in [6, 6.07) is 17.3. The molecule has 0 fully saturated rings. The number of para-hydroxylation sites is 3. The average molecular weight is 418 g/mol. The Kier molecular flexibility index (Phi) is 4.90. The number of ether oxygens (including phenoxy) is 2. The molecule has 4 aromatic rings. The molecule has 2 aromatic carbocycles. The number of rotatable bonds is 5. The number of nitrogens with one attached hydrogen (secondary N) is 1. The van der Waals surface area contributed by atoms with Crippen LogP contribution in [0, 0.1) is 0 Å². The van der Waals surface area contributed by atoms with E-state index in [-0.39, 0.29) is 12.0 Å². The lowest BCUT2D eigenvalue weighted by atomic mass is 10.2. The standard InChI is InChI=1S/C22H18N4O3S/c27-21(23-11-17-13-28-19-8-4-5-9-20(19)29-17)18-14-30-22(25-18)15-10-24-26(12-15)16-6-2-1-3-7-16/h1-10,12,14,17H,11,13H2,(H,23,27). The smallest absolute Gasteiger partial charge is 0.270 e. The zero-order chi connectivity index (χ0) is 20.3. The number of thiazole rings is 1. The Balaban J connectivity index is 1.22. The van der Waals surface area contributed by atoms with Gasteiger partial charge in [0.1, 0.15) is 23.4 Å². The van der Waals surface area contributed by atoms with Crippen molar-refractivity contribution in [3.8, 4) is 27.8 Å². The van der Waals surface area contributed by atoms with Crippen LogP contribution < -0.4 is 14.8 Å². The Morgan fingerprint density at radius 1 is 1.13 bits per heavy atom. The van der Waals surface area contributed by atoms with Crippen molar-refractivity contribution < 1.29 is 14.3 Å². The summed E-state index contributed by atoms with van der Waals surface area (Å²) in [4.78, 5) is 17.0. The first-order valence-corrected chi connectivity index (χ1v) is 10.4. The van der Waals surface area contributed by atoms with Crippen molar-refractivity contribution in [3.05, 3.63) is 78.1 Å². The second kappa shape index (κ2) is 8.00. The number of carbonyl (C=O) groups excluding carboxylic acids is 1. The van der Waals surface area contributed by atoms with Gasteiger partial charge in [-0.25, -0.2) is 9.67 Å². The number of benzene rings is 2. The van der Waals surface area contributed by atoms with Crippen molar-refractivity contribution in [1.29, 1.82) is 0 Å². The van der Waals surface area contributed by atoms with E-state index in [1.54, 1.807) is 16.3 Å². The van der Waals surface area contributed by atoms with Gasteiger partial charge in [0.15, 0.2) is 11.5 Å². The highest BCUT2D eigenvalue weighted by Crippen LogP contribution is 2.30. The van der Waals surface area contributed by atoms with Gasteiger partial charge in [0, 0.05) is 17.1 Å². The third kappa shape index (κ3) is 3.77. The third-order valence-corrected chi connectivity index (χ3v) is 5.54. The van der Waals surface area contributed by atoms with E-state index in [0.29, 0.717) is 24.6 Å². The molecule has 0 saturated carbocycles. The second-order valence-electron chi connectivity index (χ2n) is 6.75. The van der Waals surface area contributed by atoms with Crippen LogP contribution in [0.1, 0.15) is 10.5 Å². The summed E-state index contributed by atoms with van der Waals surface area (Å²) >= 11 is 1.41. The van der Waals surface area contributed by atoms with Crippen LogP contribution >= 0.6 is 11.3 Å². The van der Waals surface area contributed by atoms with E-state index < -0.39 is 0 Å². The van der Waals surface area contributed by atoms with Gasteiger partial charge in [0.25, 0.3) is 5.91 Å². The Labute approximate surface area is 176 Å². The fourth-order valence-electron chi connectivity index (χ4n) is 3.13. The number of hydrogen-bond acceptors (Lipinski definition) is 6. The van der Waals surface area contributed by atoms with Gasteiger partial charge in [-0.1, -0.05) is 30.3 Å². The summed E-state index contributed by atoms with van der Waals surface area (Å²) < 4.78 is 13.3. The lowest BCUT2D eigenvalue weighted by molar-refractivity contribution is 0.0787. The maximum absolute atomic E-state index is 12.5. The predicted molar refractivity (Wildman–Crippen MR) is 113 cm³/mol. The summed E-state index contributed by atoms with van der Waals surface area (Å²) in [6.07, 6.45) is 3.41. The molecule has 1 atom stereocenters. The molecular formula is C22H18N4O3S. The van der Waals surface area contributed by atoms with Crippen LogP contribution in [0.4, 0.5) is 0 Å². The molecule has 8 heteroatoms. The van der Waals surface area contributed by atoms with Crippen molar-refractivity contribution in [2.45, 2.75) is 6.10 Å². The summed E-state index contributed by atoms with van der Waals surface area (Å²) in [7, 11) is 0. The minimum atomic E-state index is -0.244. The van der Waals surface area contributed by atoms with E-state index >= 15 is 0 Å². The largest absolute Gasteiger partial charge is 0.486 e. The normalized spacial score (nSPS) is 15.0. The molecule has 0 saturated heterocycles. The number of fused-ring (bicyclic) bond motifs is 1. The monoisotopic (exact) mass is 418 g/mol. The van der Waals surface area contributed by atoms with Gasteiger partial charge in [-0.2, -0.15) is 5.10 Å². The Hall–Kier alpha value is -3.65. The highest BCUT2D eigenvalue weighted by atomic mass is 32.1. The number of amides is 1. The molecule has 1 aliphatic heterocycles. The molecule has 0 radical (unpaired) electrons. The van der Waals surface area contributed by atoms with Crippen LogP contribution in [0.15, 0.2) is 72.4 Å². The minimum absolute atomic E-state index is 0.240. The SMILES string of the molecule is O=C(NCC1COc2ccccc2O1)c1csc(-c2cnn(-c3ccccc3)c2)n1. The van der Waals surface area contributed by atoms with Crippen LogP contribution in [-0.4, -0.2) is 39.9 Å². The molecule has 1 N–H and O–H groups in total. The maximum Gasteiger partial charge on any atom is 0.270 e. The van der Waals surface area contributed by atoms with Crippen LogP contribution in [0.3, 0.4) is 0 Å². The van der Waals surface area contributed by atoms with E-state index in [9.17, 15) is 4.79 Å². The number of nitrogens with zero attached hydrogens (tertiary/aromatic N) is 3. The van der Waals surface area contributed by atoms with E-state index in [2.05, 4.69) is 15.4 Å². The second-order valence-corrected chi connectivity index (χ2v) is 7.61. The summed E-state index contributed by atoms with van der Waals surface area (Å²) in [5.41, 5.74) is 2.21.